The molecule has 0 spiro atoms. The van der Waals surface area contributed by atoms with Gasteiger partial charge >= 0.3 is 0 Å². The Hall–Kier alpha value is -0.220. The minimum absolute atomic E-state index is 0.177. The Bertz CT molecular complexity index is 414. The standard InChI is InChI=1S/C11H13Cl3N2O/c12-7-4-8(13)11(16-10(7)14)15-9-3-1-2-6(9)5-17/h4,6,9,17H,1-3,5H2,(H,15,16). The zero-order chi connectivity index (χ0) is 12.4. The molecule has 2 rings (SSSR count). The summed E-state index contributed by atoms with van der Waals surface area (Å²) in [7, 11) is 0. The Morgan fingerprint density at radius 1 is 1.29 bits per heavy atom. The molecule has 0 saturated heterocycles. The van der Waals surface area contributed by atoms with Crippen molar-refractivity contribution < 1.29 is 5.11 Å². The van der Waals surface area contributed by atoms with E-state index in [0.717, 1.165) is 19.3 Å². The highest BCUT2D eigenvalue weighted by molar-refractivity contribution is 6.42. The highest BCUT2D eigenvalue weighted by Crippen LogP contribution is 2.33. The van der Waals surface area contributed by atoms with Gasteiger partial charge in [0, 0.05) is 18.6 Å². The average molecular weight is 296 g/mol. The van der Waals surface area contributed by atoms with Crippen LogP contribution in [0.15, 0.2) is 6.07 Å². The number of pyridine rings is 1. The predicted octanol–water partition coefficient (Wildman–Crippen LogP) is 3.61. The van der Waals surface area contributed by atoms with E-state index in [0.29, 0.717) is 15.9 Å². The summed E-state index contributed by atoms with van der Waals surface area (Å²) < 4.78 is 0. The van der Waals surface area contributed by atoms with Crippen molar-refractivity contribution in [1.82, 2.24) is 4.98 Å². The van der Waals surface area contributed by atoms with E-state index >= 15 is 0 Å². The fraction of sp³-hybridized carbons (Fsp3) is 0.545. The Morgan fingerprint density at radius 3 is 2.76 bits per heavy atom. The Morgan fingerprint density at radius 2 is 2.06 bits per heavy atom. The van der Waals surface area contributed by atoms with E-state index in [4.69, 9.17) is 34.8 Å². The molecule has 0 amide bonds. The normalized spacial score (nSPS) is 24.0. The predicted molar refractivity (Wildman–Crippen MR) is 71.1 cm³/mol. The number of hydrogen-bond acceptors (Lipinski definition) is 3. The number of aliphatic hydroxyl groups excluding tert-OH is 1. The fourth-order valence-corrected chi connectivity index (χ4v) is 2.72. The Balaban J connectivity index is 2.15. The summed E-state index contributed by atoms with van der Waals surface area (Å²) in [6.45, 7) is 0.177. The number of halogens is 3. The summed E-state index contributed by atoms with van der Waals surface area (Å²) in [4.78, 5) is 4.11. The monoisotopic (exact) mass is 294 g/mol. The van der Waals surface area contributed by atoms with Gasteiger partial charge in [-0.3, -0.25) is 0 Å². The largest absolute Gasteiger partial charge is 0.396 e. The maximum atomic E-state index is 9.24. The highest BCUT2D eigenvalue weighted by atomic mass is 35.5. The first kappa shape index (κ1) is 13.2. The second-order valence-electron chi connectivity index (χ2n) is 4.22. The van der Waals surface area contributed by atoms with Gasteiger partial charge in [0.2, 0.25) is 0 Å². The lowest BCUT2D eigenvalue weighted by atomic mass is 10.1. The topological polar surface area (TPSA) is 45.1 Å². The highest BCUT2D eigenvalue weighted by Gasteiger charge is 2.27. The van der Waals surface area contributed by atoms with Crippen LogP contribution in [0.3, 0.4) is 0 Å². The number of aromatic nitrogens is 1. The molecule has 1 aliphatic rings. The lowest BCUT2D eigenvalue weighted by molar-refractivity contribution is 0.222. The summed E-state index contributed by atoms with van der Waals surface area (Å²) in [6, 6.07) is 1.77. The molecule has 3 nitrogen and oxygen atoms in total. The van der Waals surface area contributed by atoms with Gasteiger partial charge in [-0.05, 0) is 18.9 Å². The second-order valence-corrected chi connectivity index (χ2v) is 5.39. The lowest BCUT2D eigenvalue weighted by Crippen LogP contribution is -2.26. The molecule has 1 heterocycles. The molecule has 0 radical (unpaired) electrons. The van der Waals surface area contributed by atoms with Gasteiger partial charge in [0.25, 0.3) is 0 Å². The SMILES string of the molecule is OCC1CCCC1Nc1nc(Cl)c(Cl)cc1Cl. The number of hydrogen-bond donors (Lipinski definition) is 2. The number of aliphatic hydroxyl groups is 1. The molecule has 2 N–H and O–H groups in total. The van der Waals surface area contributed by atoms with Crippen LogP contribution < -0.4 is 5.32 Å². The molecular weight excluding hydrogens is 282 g/mol. The van der Waals surface area contributed by atoms with Crippen LogP contribution in [0, 0.1) is 5.92 Å². The summed E-state index contributed by atoms with van der Waals surface area (Å²) >= 11 is 17.7. The molecule has 2 atom stereocenters. The third-order valence-electron chi connectivity index (χ3n) is 3.10. The van der Waals surface area contributed by atoms with Crippen molar-refractivity contribution in [2.45, 2.75) is 25.3 Å². The molecule has 1 aliphatic carbocycles. The van der Waals surface area contributed by atoms with Crippen LogP contribution in [0.25, 0.3) is 0 Å². The molecule has 1 fully saturated rings. The summed E-state index contributed by atoms with van der Waals surface area (Å²) in [5, 5.41) is 13.5. The van der Waals surface area contributed by atoms with Crippen molar-refractivity contribution in [3.8, 4) is 0 Å². The van der Waals surface area contributed by atoms with E-state index in [1.165, 1.54) is 0 Å². The van der Waals surface area contributed by atoms with Crippen molar-refractivity contribution in [3.63, 3.8) is 0 Å². The molecule has 1 saturated carbocycles. The maximum absolute atomic E-state index is 9.24. The van der Waals surface area contributed by atoms with Crippen LogP contribution in [0.2, 0.25) is 15.2 Å². The minimum Gasteiger partial charge on any atom is -0.396 e. The van der Waals surface area contributed by atoms with Gasteiger partial charge in [-0.2, -0.15) is 0 Å². The first-order chi connectivity index (χ1) is 8.11. The van der Waals surface area contributed by atoms with E-state index in [-0.39, 0.29) is 23.7 Å². The molecule has 1 aromatic rings. The van der Waals surface area contributed by atoms with Crippen LogP contribution in [0.4, 0.5) is 5.82 Å². The minimum atomic E-state index is 0.177. The van der Waals surface area contributed by atoms with Crippen LogP contribution in [0.5, 0.6) is 0 Å². The van der Waals surface area contributed by atoms with Gasteiger partial charge in [-0.25, -0.2) is 4.98 Å². The molecule has 0 bridgehead atoms. The van der Waals surface area contributed by atoms with E-state index in [1.807, 2.05) is 0 Å². The van der Waals surface area contributed by atoms with E-state index in [9.17, 15) is 5.11 Å². The smallest absolute Gasteiger partial charge is 0.150 e. The second kappa shape index (κ2) is 5.61. The quantitative estimate of drug-likeness (QED) is 0.837. The van der Waals surface area contributed by atoms with Crippen LogP contribution >= 0.6 is 34.8 Å². The van der Waals surface area contributed by atoms with Crippen molar-refractivity contribution in [3.05, 3.63) is 21.3 Å². The van der Waals surface area contributed by atoms with Gasteiger partial charge < -0.3 is 10.4 Å². The van der Waals surface area contributed by atoms with Crippen molar-refractivity contribution in [1.29, 1.82) is 0 Å². The Labute approximate surface area is 115 Å². The first-order valence-corrected chi connectivity index (χ1v) is 6.64. The van der Waals surface area contributed by atoms with Crippen LogP contribution in [0.1, 0.15) is 19.3 Å². The van der Waals surface area contributed by atoms with Gasteiger partial charge in [-0.1, -0.05) is 41.2 Å². The van der Waals surface area contributed by atoms with Crippen LogP contribution in [-0.2, 0) is 0 Å². The van der Waals surface area contributed by atoms with Crippen molar-refractivity contribution in [2.24, 2.45) is 5.92 Å². The number of rotatable bonds is 3. The fourth-order valence-electron chi connectivity index (χ4n) is 2.17. The van der Waals surface area contributed by atoms with Gasteiger partial charge in [0.1, 0.15) is 11.0 Å². The van der Waals surface area contributed by atoms with Gasteiger partial charge in [0.15, 0.2) is 0 Å². The van der Waals surface area contributed by atoms with Gasteiger partial charge in [0.05, 0.1) is 10.0 Å². The van der Waals surface area contributed by atoms with Gasteiger partial charge in [-0.15, -0.1) is 0 Å². The van der Waals surface area contributed by atoms with Crippen molar-refractivity contribution >= 4 is 40.6 Å². The lowest BCUT2D eigenvalue weighted by Gasteiger charge is -2.20. The van der Waals surface area contributed by atoms with E-state index < -0.39 is 0 Å². The summed E-state index contributed by atoms with van der Waals surface area (Å²) in [5.41, 5.74) is 0. The molecular formula is C11H13Cl3N2O. The number of anilines is 1. The molecule has 2 unspecified atom stereocenters. The zero-order valence-electron chi connectivity index (χ0n) is 9.09. The average Bonchev–Trinajstić information content (AvgIpc) is 2.73. The molecule has 94 valence electrons. The maximum Gasteiger partial charge on any atom is 0.150 e. The van der Waals surface area contributed by atoms with E-state index in [1.54, 1.807) is 6.07 Å². The molecule has 0 aliphatic heterocycles. The number of nitrogens with one attached hydrogen (secondary N) is 1. The molecule has 6 heteroatoms. The third kappa shape index (κ3) is 2.97. The summed E-state index contributed by atoms with van der Waals surface area (Å²) in [6.07, 6.45) is 3.12. The zero-order valence-corrected chi connectivity index (χ0v) is 11.4. The third-order valence-corrected chi connectivity index (χ3v) is 4.06. The number of nitrogens with zero attached hydrogens (tertiary/aromatic N) is 1. The molecule has 0 aromatic carbocycles. The van der Waals surface area contributed by atoms with E-state index in [2.05, 4.69) is 10.3 Å². The molecule has 1 aromatic heterocycles. The van der Waals surface area contributed by atoms with Crippen LogP contribution in [-0.4, -0.2) is 22.7 Å². The Kier molecular flexibility index (Phi) is 4.36. The molecule has 17 heavy (non-hydrogen) atoms. The summed E-state index contributed by atoms with van der Waals surface area (Å²) in [5.74, 6) is 0.786. The van der Waals surface area contributed by atoms with Crippen molar-refractivity contribution in [2.75, 3.05) is 11.9 Å². The first-order valence-electron chi connectivity index (χ1n) is 5.50.